The summed E-state index contributed by atoms with van der Waals surface area (Å²) in [4.78, 5) is 0. The molecule has 18 heavy (non-hydrogen) atoms. The van der Waals surface area contributed by atoms with E-state index >= 15 is 0 Å². The number of allylic oxidation sites excluding steroid dienone is 5. The molecular formula is C17H22Si. The largest absolute Gasteiger partial charge is 0.102 e. The van der Waals surface area contributed by atoms with E-state index in [1.54, 1.807) is 0 Å². The van der Waals surface area contributed by atoms with Crippen LogP contribution in [0.3, 0.4) is 0 Å². The zero-order valence-corrected chi connectivity index (χ0v) is 12.6. The molecule has 0 nitrogen and oxygen atoms in total. The van der Waals surface area contributed by atoms with Crippen molar-refractivity contribution in [2.75, 3.05) is 0 Å². The maximum Gasteiger partial charge on any atom is 0.0600 e. The fraction of sp³-hybridized carbons (Fsp3) is 0.294. The molecule has 0 amide bonds. The topological polar surface area (TPSA) is 0 Å². The van der Waals surface area contributed by atoms with Crippen LogP contribution in [0.15, 0.2) is 61.2 Å². The molecule has 2 rings (SSSR count). The Morgan fingerprint density at radius 1 is 1.17 bits per heavy atom. The van der Waals surface area contributed by atoms with Crippen LogP contribution in [-0.2, 0) is 0 Å². The Morgan fingerprint density at radius 2 is 1.83 bits per heavy atom. The Labute approximate surface area is 112 Å². The van der Waals surface area contributed by atoms with Gasteiger partial charge in [0.1, 0.15) is 0 Å². The molecule has 94 valence electrons. The van der Waals surface area contributed by atoms with Gasteiger partial charge in [0.15, 0.2) is 0 Å². The Kier molecular flexibility index (Phi) is 3.44. The lowest BCUT2D eigenvalue weighted by atomic mass is 9.92. The highest BCUT2D eigenvalue weighted by molar-refractivity contribution is 6.80. The zero-order chi connectivity index (χ0) is 13.2. The molecule has 0 bridgehead atoms. The predicted molar refractivity (Wildman–Crippen MR) is 84.4 cm³/mol. The second-order valence-electron chi connectivity index (χ2n) is 6.06. The van der Waals surface area contributed by atoms with Gasteiger partial charge in [0, 0.05) is 5.04 Å². The van der Waals surface area contributed by atoms with Crippen molar-refractivity contribution in [1.29, 1.82) is 0 Å². The van der Waals surface area contributed by atoms with Gasteiger partial charge in [-0.3, -0.25) is 0 Å². The van der Waals surface area contributed by atoms with Crippen LogP contribution in [0.2, 0.25) is 24.7 Å². The summed E-state index contributed by atoms with van der Waals surface area (Å²) in [5.74, 6) is 0. The fourth-order valence-corrected chi connectivity index (χ4v) is 4.42. The van der Waals surface area contributed by atoms with E-state index in [9.17, 15) is 0 Å². The summed E-state index contributed by atoms with van der Waals surface area (Å²) in [5, 5.41) is 0.214. The molecule has 1 atom stereocenters. The maximum absolute atomic E-state index is 4.07. The van der Waals surface area contributed by atoms with Crippen molar-refractivity contribution in [2.24, 2.45) is 0 Å². The molecule has 1 aromatic rings. The van der Waals surface area contributed by atoms with Gasteiger partial charge < -0.3 is 0 Å². The van der Waals surface area contributed by atoms with Crippen molar-refractivity contribution in [2.45, 2.75) is 31.1 Å². The number of rotatable bonds is 3. The molecule has 0 radical (unpaired) electrons. The minimum atomic E-state index is -1.29. The Bertz CT molecular complexity index is 488. The van der Waals surface area contributed by atoms with Gasteiger partial charge in [0.05, 0.1) is 8.07 Å². The lowest BCUT2D eigenvalue weighted by Crippen LogP contribution is -2.37. The molecule has 1 aliphatic rings. The van der Waals surface area contributed by atoms with Crippen molar-refractivity contribution in [3.8, 4) is 0 Å². The van der Waals surface area contributed by atoms with E-state index in [2.05, 4.69) is 80.9 Å². The molecule has 0 fully saturated rings. The molecule has 0 heterocycles. The van der Waals surface area contributed by atoms with Crippen molar-refractivity contribution in [3.63, 3.8) is 0 Å². The van der Waals surface area contributed by atoms with Gasteiger partial charge in [-0.2, -0.15) is 0 Å². The van der Waals surface area contributed by atoms with Gasteiger partial charge in [-0.25, -0.2) is 0 Å². The van der Waals surface area contributed by atoms with Crippen molar-refractivity contribution in [1.82, 2.24) is 0 Å². The first-order valence-corrected chi connectivity index (χ1v) is 10.1. The zero-order valence-electron chi connectivity index (χ0n) is 11.6. The molecule has 1 aliphatic carbocycles. The Balaban J connectivity index is 2.29. The standard InChI is InChI=1S/C17H22Si/c1-5-17(18(2,3)4)13-11-16(12-14-17)15-9-7-6-8-10-15/h5-13H,1,14H2,2-4H3. The average molecular weight is 254 g/mol. The van der Waals surface area contributed by atoms with Gasteiger partial charge in [0.2, 0.25) is 0 Å². The monoisotopic (exact) mass is 254 g/mol. The van der Waals surface area contributed by atoms with Crippen LogP contribution in [0.5, 0.6) is 0 Å². The van der Waals surface area contributed by atoms with E-state index in [4.69, 9.17) is 0 Å². The summed E-state index contributed by atoms with van der Waals surface area (Å²) in [7, 11) is -1.29. The highest BCUT2D eigenvalue weighted by Crippen LogP contribution is 2.48. The number of benzene rings is 1. The smallest absolute Gasteiger partial charge is 0.0600 e. The van der Waals surface area contributed by atoms with Crippen LogP contribution < -0.4 is 0 Å². The van der Waals surface area contributed by atoms with E-state index < -0.39 is 8.07 Å². The molecule has 1 unspecified atom stereocenters. The SMILES string of the molecule is C=CC1([Si](C)(C)C)C=CC(c2ccccc2)=CC1. The van der Waals surface area contributed by atoms with Crippen LogP contribution in [0.25, 0.3) is 5.57 Å². The maximum atomic E-state index is 4.07. The number of hydrogen-bond donors (Lipinski definition) is 0. The number of hydrogen-bond acceptors (Lipinski definition) is 0. The van der Waals surface area contributed by atoms with Gasteiger partial charge in [-0.15, -0.1) is 6.58 Å². The highest BCUT2D eigenvalue weighted by atomic mass is 28.3. The minimum absolute atomic E-state index is 0.214. The van der Waals surface area contributed by atoms with Crippen molar-refractivity contribution in [3.05, 3.63) is 66.8 Å². The summed E-state index contributed by atoms with van der Waals surface area (Å²) in [6.45, 7) is 11.3. The molecule has 0 N–H and O–H groups in total. The fourth-order valence-electron chi connectivity index (χ4n) is 2.51. The summed E-state index contributed by atoms with van der Waals surface area (Å²) in [6, 6.07) is 10.6. The van der Waals surface area contributed by atoms with Crippen LogP contribution in [-0.4, -0.2) is 8.07 Å². The normalized spacial score (nSPS) is 23.6. The summed E-state index contributed by atoms with van der Waals surface area (Å²) in [6.07, 6.45) is 10.3. The van der Waals surface area contributed by atoms with Crippen molar-refractivity contribution >= 4 is 13.6 Å². The van der Waals surface area contributed by atoms with Crippen LogP contribution in [0, 0.1) is 0 Å². The van der Waals surface area contributed by atoms with E-state index in [1.807, 2.05) is 0 Å². The van der Waals surface area contributed by atoms with Crippen LogP contribution in [0.4, 0.5) is 0 Å². The van der Waals surface area contributed by atoms with E-state index in [0.29, 0.717) is 0 Å². The minimum Gasteiger partial charge on any atom is -0.102 e. The molecule has 0 aromatic heterocycles. The van der Waals surface area contributed by atoms with Crippen molar-refractivity contribution < 1.29 is 0 Å². The first-order chi connectivity index (χ1) is 8.48. The average Bonchev–Trinajstić information content (AvgIpc) is 2.38. The van der Waals surface area contributed by atoms with E-state index in [1.165, 1.54) is 11.1 Å². The quantitative estimate of drug-likeness (QED) is 0.507. The summed E-state index contributed by atoms with van der Waals surface area (Å²) >= 11 is 0. The Hall–Kier alpha value is -1.34. The van der Waals surface area contributed by atoms with E-state index in [-0.39, 0.29) is 5.04 Å². The third kappa shape index (κ3) is 2.28. The van der Waals surface area contributed by atoms with Crippen LogP contribution >= 0.6 is 0 Å². The molecular weight excluding hydrogens is 232 g/mol. The molecule has 1 aromatic carbocycles. The van der Waals surface area contributed by atoms with Gasteiger partial charge in [0.25, 0.3) is 0 Å². The highest BCUT2D eigenvalue weighted by Gasteiger charge is 2.38. The molecule has 0 aliphatic heterocycles. The van der Waals surface area contributed by atoms with E-state index in [0.717, 1.165) is 6.42 Å². The van der Waals surface area contributed by atoms with Gasteiger partial charge in [-0.05, 0) is 17.6 Å². The molecule has 0 saturated carbocycles. The third-order valence-electron chi connectivity index (χ3n) is 4.09. The third-order valence-corrected chi connectivity index (χ3v) is 7.46. The molecule has 0 saturated heterocycles. The first-order valence-electron chi connectivity index (χ1n) is 6.57. The first kappa shape index (κ1) is 13.1. The lowest BCUT2D eigenvalue weighted by molar-refractivity contribution is 0.810. The summed E-state index contributed by atoms with van der Waals surface area (Å²) in [5.41, 5.74) is 2.65. The Morgan fingerprint density at radius 3 is 2.28 bits per heavy atom. The van der Waals surface area contributed by atoms with Gasteiger partial charge in [-0.1, -0.05) is 74.3 Å². The molecule has 0 spiro atoms. The van der Waals surface area contributed by atoms with Gasteiger partial charge >= 0.3 is 0 Å². The van der Waals surface area contributed by atoms with Crippen LogP contribution in [0.1, 0.15) is 12.0 Å². The molecule has 1 heteroatoms. The lowest BCUT2D eigenvalue weighted by Gasteiger charge is -2.40. The predicted octanol–water partition coefficient (Wildman–Crippen LogP) is 5.29. The summed E-state index contributed by atoms with van der Waals surface area (Å²) < 4.78 is 0. The second kappa shape index (κ2) is 4.73. The second-order valence-corrected chi connectivity index (χ2v) is 11.5.